The fourth-order valence-electron chi connectivity index (χ4n) is 3.70. The number of fused-ring (bicyclic) bond motifs is 1. The number of pyridine rings is 1. The largest absolute Gasteiger partial charge is 0.404 e. The van der Waals surface area contributed by atoms with E-state index in [1.807, 2.05) is 6.92 Å². The first-order valence-corrected chi connectivity index (χ1v) is 9.71. The minimum atomic E-state index is -1.50. The van der Waals surface area contributed by atoms with E-state index in [0.29, 0.717) is 30.1 Å². The van der Waals surface area contributed by atoms with E-state index in [1.165, 1.54) is 4.52 Å². The van der Waals surface area contributed by atoms with Crippen molar-refractivity contribution in [2.75, 3.05) is 11.9 Å². The zero-order valence-electron chi connectivity index (χ0n) is 16.4. The highest BCUT2D eigenvalue weighted by atomic mass is 19.2. The lowest BCUT2D eigenvalue weighted by Crippen LogP contribution is -2.29. The summed E-state index contributed by atoms with van der Waals surface area (Å²) >= 11 is 0. The van der Waals surface area contributed by atoms with Crippen molar-refractivity contribution in [1.82, 2.24) is 14.6 Å². The predicted octanol–water partition coefficient (Wildman–Crippen LogP) is 4.08. The molecule has 0 radical (unpaired) electrons. The van der Waals surface area contributed by atoms with Gasteiger partial charge in [0.05, 0.1) is 0 Å². The zero-order valence-corrected chi connectivity index (χ0v) is 16.4. The van der Waals surface area contributed by atoms with E-state index in [-0.39, 0.29) is 11.6 Å². The summed E-state index contributed by atoms with van der Waals surface area (Å²) in [6.07, 6.45) is 5.64. The fraction of sp³-hybridized carbons (Fsp3) is 0.286. The second-order valence-electron chi connectivity index (χ2n) is 7.08. The predicted molar refractivity (Wildman–Crippen MR) is 110 cm³/mol. The van der Waals surface area contributed by atoms with E-state index in [2.05, 4.69) is 20.4 Å². The molecule has 1 aliphatic carbocycles. The Morgan fingerprint density at radius 2 is 2.07 bits per heavy atom. The normalized spacial score (nSPS) is 19.7. The van der Waals surface area contributed by atoms with Crippen molar-refractivity contribution >= 4 is 17.3 Å². The highest BCUT2D eigenvalue weighted by molar-refractivity contribution is 6.01. The van der Waals surface area contributed by atoms with Crippen LogP contribution in [0.2, 0.25) is 0 Å². The van der Waals surface area contributed by atoms with Gasteiger partial charge in [-0.1, -0.05) is 0 Å². The van der Waals surface area contributed by atoms with Gasteiger partial charge in [0.25, 0.3) is 0 Å². The molecule has 1 aliphatic rings. The number of hydrogen-bond donors (Lipinski definition) is 2. The van der Waals surface area contributed by atoms with Crippen LogP contribution in [0, 0.1) is 17.5 Å². The third kappa shape index (κ3) is 3.74. The number of benzene rings is 1. The second-order valence-corrected chi connectivity index (χ2v) is 7.08. The Hall–Kier alpha value is -3.36. The summed E-state index contributed by atoms with van der Waals surface area (Å²) in [6.45, 7) is 2.70. The molecule has 0 amide bonds. The molecule has 9 heteroatoms. The average molecular weight is 414 g/mol. The first-order chi connectivity index (χ1) is 14.5. The van der Waals surface area contributed by atoms with Crippen LogP contribution in [0.25, 0.3) is 16.8 Å². The standard InChI is InChI=1S/C21H21F3N6/c1-2-26-18-6-5-14(8-13(18)11-25)27-21-28-20-15(4-3-7-30(20)29-21)12-9-16(22)19(24)17(23)10-12/h3-4,7,9-11,14H,2,5-6,8,25H2,1H3,(H,27,29). The van der Waals surface area contributed by atoms with E-state index >= 15 is 0 Å². The molecule has 3 N–H and O–H groups in total. The second kappa shape index (κ2) is 8.17. The molecule has 2 heterocycles. The van der Waals surface area contributed by atoms with Crippen molar-refractivity contribution in [3.05, 3.63) is 59.7 Å². The van der Waals surface area contributed by atoms with Gasteiger partial charge in [-0.3, -0.25) is 4.99 Å². The van der Waals surface area contributed by atoms with Crippen molar-refractivity contribution in [2.24, 2.45) is 10.7 Å². The third-order valence-electron chi connectivity index (χ3n) is 5.11. The van der Waals surface area contributed by atoms with Crippen molar-refractivity contribution in [2.45, 2.75) is 32.2 Å². The molecule has 3 aromatic rings. The molecule has 1 fully saturated rings. The minimum absolute atomic E-state index is 0.0807. The highest BCUT2D eigenvalue weighted by Gasteiger charge is 2.23. The third-order valence-corrected chi connectivity index (χ3v) is 5.11. The van der Waals surface area contributed by atoms with Gasteiger partial charge >= 0.3 is 0 Å². The minimum Gasteiger partial charge on any atom is -0.404 e. The van der Waals surface area contributed by atoms with Crippen LogP contribution in [-0.4, -0.2) is 32.9 Å². The number of nitrogens with two attached hydrogens (primary N) is 1. The number of nitrogens with zero attached hydrogens (tertiary/aromatic N) is 4. The van der Waals surface area contributed by atoms with Crippen LogP contribution < -0.4 is 11.1 Å². The smallest absolute Gasteiger partial charge is 0.243 e. The topological polar surface area (TPSA) is 80.6 Å². The molecule has 6 nitrogen and oxygen atoms in total. The number of halogens is 3. The lowest BCUT2D eigenvalue weighted by atomic mass is 9.89. The first-order valence-electron chi connectivity index (χ1n) is 9.71. The molecule has 1 saturated carbocycles. The SMILES string of the molecule is CCN=C1CCC(Nc2nc3c(-c4cc(F)c(F)c(F)c4)cccn3n2)CC1=CN. The van der Waals surface area contributed by atoms with Crippen LogP contribution in [0.3, 0.4) is 0 Å². The summed E-state index contributed by atoms with van der Waals surface area (Å²) in [7, 11) is 0. The van der Waals surface area contributed by atoms with Gasteiger partial charge in [0, 0.05) is 30.1 Å². The molecule has 1 unspecified atom stereocenters. The first kappa shape index (κ1) is 19.9. The lowest BCUT2D eigenvalue weighted by Gasteiger charge is -2.25. The van der Waals surface area contributed by atoms with Crippen molar-refractivity contribution < 1.29 is 13.2 Å². The van der Waals surface area contributed by atoms with Crippen LogP contribution in [0.1, 0.15) is 26.2 Å². The Morgan fingerprint density at radius 1 is 1.30 bits per heavy atom. The molecule has 1 atom stereocenters. The number of nitrogens with one attached hydrogen (secondary N) is 1. The van der Waals surface area contributed by atoms with Crippen LogP contribution in [0.4, 0.5) is 19.1 Å². The van der Waals surface area contributed by atoms with Crippen LogP contribution in [0.15, 0.2) is 47.2 Å². The van der Waals surface area contributed by atoms with Gasteiger partial charge < -0.3 is 11.1 Å². The average Bonchev–Trinajstić information content (AvgIpc) is 3.15. The molecule has 0 bridgehead atoms. The fourth-order valence-corrected chi connectivity index (χ4v) is 3.70. The number of hydrogen-bond acceptors (Lipinski definition) is 5. The van der Waals surface area contributed by atoms with E-state index in [1.54, 1.807) is 24.5 Å². The van der Waals surface area contributed by atoms with Crippen LogP contribution in [-0.2, 0) is 0 Å². The van der Waals surface area contributed by atoms with Gasteiger partial charge in [0.1, 0.15) is 0 Å². The molecular formula is C21H21F3N6. The van der Waals surface area contributed by atoms with Crippen LogP contribution in [0.5, 0.6) is 0 Å². The number of rotatable bonds is 4. The van der Waals surface area contributed by atoms with Crippen molar-refractivity contribution in [3.63, 3.8) is 0 Å². The maximum absolute atomic E-state index is 13.7. The number of aliphatic imine (C=N–C) groups is 1. The Balaban J connectivity index is 1.62. The summed E-state index contributed by atoms with van der Waals surface area (Å²) in [5.74, 6) is -3.61. The quantitative estimate of drug-likeness (QED) is 0.631. The summed E-state index contributed by atoms with van der Waals surface area (Å²) in [6, 6.07) is 5.32. The number of anilines is 1. The Bertz CT molecular complexity index is 1130. The van der Waals surface area contributed by atoms with E-state index in [9.17, 15) is 13.2 Å². The van der Waals surface area contributed by atoms with Gasteiger partial charge in [-0.25, -0.2) is 17.7 Å². The molecule has 30 heavy (non-hydrogen) atoms. The van der Waals surface area contributed by atoms with Gasteiger partial charge in [-0.15, -0.1) is 5.10 Å². The molecule has 2 aromatic heterocycles. The molecule has 0 spiro atoms. The zero-order chi connectivity index (χ0) is 21.3. The van der Waals surface area contributed by atoms with E-state index < -0.39 is 17.5 Å². The molecule has 4 rings (SSSR count). The lowest BCUT2D eigenvalue weighted by molar-refractivity contribution is 0.448. The molecule has 156 valence electrons. The van der Waals surface area contributed by atoms with Crippen molar-refractivity contribution in [1.29, 1.82) is 0 Å². The Kier molecular flexibility index (Phi) is 5.43. The highest BCUT2D eigenvalue weighted by Crippen LogP contribution is 2.28. The summed E-state index contributed by atoms with van der Waals surface area (Å²) < 4.78 is 42.2. The number of aromatic nitrogens is 3. The van der Waals surface area contributed by atoms with Gasteiger partial charge in [-0.2, -0.15) is 4.98 Å². The Morgan fingerprint density at radius 3 is 2.77 bits per heavy atom. The summed E-state index contributed by atoms with van der Waals surface area (Å²) in [5.41, 5.74) is 8.83. The summed E-state index contributed by atoms with van der Waals surface area (Å²) in [5, 5.41) is 7.72. The molecule has 0 saturated heterocycles. The van der Waals surface area contributed by atoms with Crippen LogP contribution >= 0.6 is 0 Å². The molecular weight excluding hydrogens is 393 g/mol. The Labute approximate surface area is 171 Å². The van der Waals surface area contributed by atoms with Crippen molar-refractivity contribution in [3.8, 4) is 11.1 Å². The van der Waals surface area contributed by atoms with Gasteiger partial charge in [0.2, 0.25) is 5.95 Å². The summed E-state index contributed by atoms with van der Waals surface area (Å²) in [4.78, 5) is 8.99. The van der Waals surface area contributed by atoms with E-state index in [0.717, 1.165) is 36.3 Å². The maximum Gasteiger partial charge on any atom is 0.243 e. The maximum atomic E-state index is 13.7. The van der Waals surface area contributed by atoms with E-state index in [4.69, 9.17) is 5.73 Å². The molecule has 1 aromatic carbocycles. The van der Waals surface area contributed by atoms with Gasteiger partial charge in [0.15, 0.2) is 23.1 Å². The monoisotopic (exact) mass is 414 g/mol. The molecule has 0 aliphatic heterocycles. The van der Waals surface area contributed by atoms with Gasteiger partial charge in [-0.05, 0) is 67.8 Å².